The molecule has 2 N–H and O–H groups in total. The zero-order valence-corrected chi connectivity index (χ0v) is 12.2. The number of hydrogen-bond acceptors (Lipinski definition) is 3. The first-order valence-corrected chi connectivity index (χ1v) is 7.00. The maximum atomic E-state index is 6.29. The lowest BCUT2D eigenvalue weighted by Crippen LogP contribution is -2.12. The highest BCUT2D eigenvalue weighted by atomic mass is 127. The first kappa shape index (κ1) is 12.0. The van der Waals surface area contributed by atoms with Gasteiger partial charge >= 0.3 is 0 Å². The van der Waals surface area contributed by atoms with Crippen molar-refractivity contribution in [3.63, 3.8) is 0 Å². The summed E-state index contributed by atoms with van der Waals surface area (Å²) in [6.07, 6.45) is 0.961. The maximum Gasteiger partial charge on any atom is 0.127 e. The first-order valence-electron chi connectivity index (χ1n) is 5.92. The molecule has 1 aromatic heterocycles. The van der Waals surface area contributed by atoms with Crippen LogP contribution < -0.4 is 10.5 Å². The molecule has 0 saturated carbocycles. The Morgan fingerprint density at radius 1 is 1.33 bits per heavy atom. The van der Waals surface area contributed by atoms with Gasteiger partial charge in [-0.25, -0.2) is 0 Å². The fourth-order valence-electron chi connectivity index (χ4n) is 2.30. The van der Waals surface area contributed by atoms with Crippen molar-refractivity contribution in [2.75, 3.05) is 6.61 Å². The van der Waals surface area contributed by atoms with Crippen molar-refractivity contribution in [3.8, 4) is 5.75 Å². The van der Waals surface area contributed by atoms with Crippen molar-refractivity contribution in [1.29, 1.82) is 0 Å². The molecule has 0 spiro atoms. The van der Waals surface area contributed by atoms with Crippen molar-refractivity contribution in [1.82, 2.24) is 0 Å². The number of aryl methyl sites for hydroxylation is 1. The molecule has 3 nitrogen and oxygen atoms in total. The van der Waals surface area contributed by atoms with E-state index in [9.17, 15) is 0 Å². The number of fused-ring (bicyclic) bond motifs is 1. The molecule has 18 heavy (non-hydrogen) atoms. The predicted octanol–water partition coefficient (Wildman–Crippen LogP) is 3.18. The van der Waals surface area contributed by atoms with Crippen LogP contribution in [0.4, 0.5) is 0 Å². The minimum atomic E-state index is -0.264. The summed E-state index contributed by atoms with van der Waals surface area (Å²) < 4.78 is 12.5. The second-order valence-electron chi connectivity index (χ2n) is 4.51. The van der Waals surface area contributed by atoms with E-state index in [-0.39, 0.29) is 6.04 Å². The number of ether oxygens (including phenoxy) is 1. The largest absolute Gasteiger partial charge is 0.493 e. The van der Waals surface area contributed by atoms with E-state index >= 15 is 0 Å². The highest BCUT2D eigenvalue weighted by molar-refractivity contribution is 14.1. The van der Waals surface area contributed by atoms with Crippen molar-refractivity contribution in [3.05, 3.63) is 50.5 Å². The number of rotatable bonds is 2. The molecule has 94 valence electrons. The van der Waals surface area contributed by atoms with E-state index in [1.165, 1.54) is 9.13 Å². The molecule has 1 aromatic carbocycles. The molecule has 0 aliphatic carbocycles. The minimum absolute atomic E-state index is 0.264. The van der Waals surface area contributed by atoms with Gasteiger partial charge < -0.3 is 14.9 Å². The molecule has 1 aliphatic rings. The molecule has 2 aromatic rings. The van der Waals surface area contributed by atoms with Gasteiger partial charge in [0.2, 0.25) is 0 Å². The highest BCUT2D eigenvalue weighted by Crippen LogP contribution is 2.37. The zero-order valence-electron chi connectivity index (χ0n) is 10.1. The average molecular weight is 355 g/mol. The van der Waals surface area contributed by atoms with Crippen LogP contribution in [0.15, 0.2) is 28.7 Å². The van der Waals surface area contributed by atoms with Gasteiger partial charge in [0.1, 0.15) is 17.3 Å². The van der Waals surface area contributed by atoms with Gasteiger partial charge in [0, 0.05) is 15.6 Å². The first-order chi connectivity index (χ1) is 8.65. The number of furan rings is 1. The van der Waals surface area contributed by atoms with Crippen LogP contribution in [0.25, 0.3) is 0 Å². The second kappa shape index (κ2) is 4.59. The predicted molar refractivity (Wildman–Crippen MR) is 77.8 cm³/mol. The Labute approximate surface area is 119 Å². The normalized spacial score (nSPS) is 15.3. The summed E-state index contributed by atoms with van der Waals surface area (Å²) in [6, 6.07) is 7.84. The van der Waals surface area contributed by atoms with Crippen LogP contribution in [0, 0.1) is 10.5 Å². The molecule has 0 amide bonds. The third-order valence-corrected chi connectivity index (χ3v) is 3.80. The van der Waals surface area contributed by atoms with Crippen LogP contribution in [0.3, 0.4) is 0 Å². The summed E-state index contributed by atoms with van der Waals surface area (Å²) in [5.74, 6) is 2.60. The highest BCUT2D eigenvalue weighted by Gasteiger charge is 2.23. The Bertz CT molecular complexity index is 591. The summed E-state index contributed by atoms with van der Waals surface area (Å²) in [5, 5.41) is 0. The van der Waals surface area contributed by atoms with E-state index in [1.54, 1.807) is 0 Å². The molecule has 0 radical (unpaired) electrons. The molecule has 1 aliphatic heterocycles. The Balaban J connectivity index is 2.06. The maximum absolute atomic E-state index is 6.29. The summed E-state index contributed by atoms with van der Waals surface area (Å²) in [6.45, 7) is 2.66. The fraction of sp³-hybridized carbons (Fsp3) is 0.286. The minimum Gasteiger partial charge on any atom is -0.493 e. The van der Waals surface area contributed by atoms with Crippen LogP contribution in [-0.4, -0.2) is 6.61 Å². The van der Waals surface area contributed by atoms with Crippen LogP contribution >= 0.6 is 22.6 Å². The van der Waals surface area contributed by atoms with Crippen LogP contribution in [-0.2, 0) is 6.42 Å². The monoisotopic (exact) mass is 355 g/mol. The van der Waals surface area contributed by atoms with Crippen molar-refractivity contribution in [2.45, 2.75) is 19.4 Å². The number of nitrogens with two attached hydrogens (primary N) is 1. The summed E-state index contributed by atoms with van der Waals surface area (Å²) in [7, 11) is 0. The molecule has 2 heterocycles. The Morgan fingerprint density at radius 2 is 2.17 bits per heavy atom. The SMILES string of the molecule is Cc1ccc(C(N)c2cc(I)cc3c2OCC3)o1. The van der Waals surface area contributed by atoms with E-state index in [2.05, 4.69) is 34.7 Å². The van der Waals surface area contributed by atoms with Crippen LogP contribution in [0.1, 0.15) is 28.7 Å². The van der Waals surface area contributed by atoms with Gasteiger partial charge in [-0.15, -0.1) is 0 Å². The quantitative estimate of drug-likeness (QED) is 0.842. The van der Waals surface area contributed by atoms with Gasteiger partial charge in [0.25, 0.3) is 0 Å². The molecule has 0 bridgehead atoms. The zero-order chi connectivity index (χ0) is 12.7. The van der Waals surface area contributed by atoms with Gasteiger partial charge in [-0.1, -0.05) is 0 Å². The summed E-state index contributed by atoms with van der Waals surface area (Å²) in [5.41, 5.74) is 8.56. The standard InChI is InChI=1S/C14H14INO2/c1-8-2-3-12(18-8)13(16)11-7-10(15)6-9-4-5-17-14(9)11/h2-3,6-7,13H,4-5,16H2,1H3. The van der Waals surface area contributed by atoms with Gasteiger partial charge in [-0.2, -0.15) is 0 Å². The Morgan fingerprint density at radius 3 is 2.89 bits per heavy atom. The van der Waals surface area contributed by atoms with Gasteiger partial charge in [0.15, 0.2) is 0 Å². The smallest absolute Gasteiger partial charge is 0.127 e. The van der Waals surface area contributed by atoms with E-state index in [0.717, 1.165) is 35.9 Å². The lowest BCUT2D eigenvalue weighted by molar-refractivity contribution is 0.350. The molecule has 0 saturated heterocycles. The molecule has 4 heteroatoms. The number of benzene rings is 1. The lowest BCUT2D eigenvalue weighted by atomic mass is 10.0. The second-order valence-corrected chi connectivity index (χ2v) is 5.75. The van der Waals surface area contributed by atoms with Crippen molar-refractivity contribution < 1.29 is 9.15 Å². The van der Waals surface area contributed by atoms with Crippen LogP contribution in [0.5, 0.6) is 5.75 Å². The van der Waals surface area contributed by atoms with Crippen molar-refractivity contribution in [2.24, 2.45) is 5.73 Å². The Kier molecular flexibility index (Phi) is 3.07. The molecule has 1 unspecified atom stereocenters. The number of halogens is 1. The molecular weight excluding hydrogens is 341 g/mol. The van der Waals surface area contributed by atoms with Crippen LogP contribution in [0.2, 0.25) is 0 Å². The molecular formula is C14H14INO2. The lowest BCUT2D eigenvalue weighted by Gasteiger charge is -2.14. The van der Waals surface area contributed by atoms with Gasteiger partial charge in [0.05, 0.1) is 12.6 Å². The van der Waals surface area contributed by atoms with Gasteiger partial charge in [-0.05, 0) is 59.3 Å². The molecule has 0 fully saturated rings. The van der Waals surface area contributed by atoms with Crippen molar-refractivity contribution >= 4 is 22.6 Å². The summed E-state index contributed by atoms with van der Waals surface area (Å²) >= 11 is 2.32. The van der Waals surface area contributed by atoms with Gasteiger partial charge in [-0.3, -0.25) is 0 Å². The van der Waals surface area contributed by atoms with E-state index < -0.39 is 0 Å². The average Bonchev–Trinajstić information content (AvgIpc) is 2.95. The third-order valence-electron chi connectivity index (χ3n) is 3.18. The van der Waals surface area contributed by atoms with E-state index in [0.29, 0.717) is 0 Å². The fourth-order valence-corrected chi connectivity index (χ4v) is 3.01. The van der Waals surface area contributed by atoms with E-state index in [4.69, 9.17) is 14.9 Å². The Hall–Kier alpha value is -1.01. The van der Waals surface area contributed by atoms with E-state index in [1.807, 2.05) is 19.1 Å². The molecule has 3 rings (SSSR count). The molecule has 1 atom stereocenters. The third kappa shape index (κ3) is 2.03. The summed E-state index contributed by atoms with van der Waals surface area (Å²) in [4.78, 5) is 0. The number of hydrogen-bond donors (Lipinski definition) is 1. The topological polar surface area (TPSA) is 48.4 Å².